The zero-order valence-corrected chi connectivity index (χ0v) is 10.5. The van der Waals surface area contributed by atoms with Crippen molar-refractivity contribution < 1.29 is 9.90 Å². The molecular weight excluding hydrogens is 214 g/mol. The fourth-order valence-electron chi connectivity index (χ4n) is 2.33. The summed E-state index contributed by atoms with van der Waals surface area (Å²) in [5.74, 6) is 2.54. The zero-order chi connectivity index (χ0) is 12.6. The average molecular weight is 237 g/mol. The Morgan fingerprint density at radius 2 is 2.00 bits per heavy atom. The number of hydrogen-bond donors (Lipinski definition) is 2. The van der Waals surface area contributed by atoms with Gasteiger partial charge in [-0.25, -0.2) is 0 Å². The first-order valence-electron chi connectivity index (χ1n) is 6.59. The number of hydrogen-bond acceptors (Lipinski definition) is 2. The highest BCUT2D eigenvalue weighted by molar-refractivity contribution is 5.76. The van der Waals surface area contributed by atoms with Crippen LogP contribution < -0.4 is 5.32 Å². The van der Waals surface area contributed by atoms with Crippen LogP contribution >= 0.6 is 0 Å². The predicted octanol–water partition coefficient (Wildman–Crippen LogP) is 1.99. The normalized spacial score (nSPS) is 18.4. The minimum Gasteiger partial charge on any atom is -0.389 e. The van der Waals surface area contributed by atoms with E-state index in [-0.39, 0.29) is 12.3 Å². The van der Waals surface area contributed by atoms with E-state index in [0.717, 1.165) is 44.9 Å². The van der Waals surface area contributed by atoms with Crippen LogP contribution in [-0.4, -0.2) is 23.2 Å². The van der Waals surface area contributed by atoms with Gasteiger partial charge in [0.25, 0.3) is 0 Å². The Balaban J connectivity index is 2.13. The summed E-state index contributed by atoms with van der Waals surface area (Å²) in [6.45, 7) is 0.663. The average Bonchev–Trinajstić information content (AvgIpc) is 2.29. The van der Waals surface area contributed by atoms with Crippen molar-refractivity contribution in [3.8, 4) is 12.3 Å². The molecule has 0 atom stereocenters. The predicted molar refractivity (Wildman–Crippen MR) is 68.3 cm³/mol. The van der Waals surface area contributed by atoms with E-state index in [1.807, 2.05) is 0 Å². The fraction of sp³-hybridized carbons (Fsp3) is 0.786. The second kappa shape index (κ2) is 7.34. The first kappa shape index (κ1) is 14.1. The van der Waals surface area contributed by atoms with Crippen LogP contribution in [-0.2, 0) is 4.79 Å². The van der Waals surface area contributed by atoms with Crippen molar-refractivity contribution in [2.75, 3.05) is 6.54 Å². The number of unbranched alkanes of at least 4 members (excludes halogenated alkanes) is 2. The summed E-state index contributed by atoms with van der Waals surface area (Å²) in [7, 11) is 0. The second-order valence-corrected chi connectivity index (χ2v) is 4.97. The Bertz CT molecular complexity index is 274. The fourth-order valence-corrected chi connectivity index (χ4v) is 2.33. The van der Waals surface area contributed by atoms with E-state index in [0.29, 0.717) is 6.54 Å². The first-order valence-corrected chi connectivity index (χ1v) is 6.59. The number of carbonyl (C=O) groups is 1. The number of nitrogens with one attached hydrogen (secondary N) is 1. The molecule has 3 heteroatoms. The Hall–Kier alpha value is -1.01. The molecule has 1 aliphatic rings. The molecule has 1 saturated carbocycles. The molecule has 0 spiro atoms. The molecule has 3 nitrogen and oxygen atoms in total. The van der Waals surface area contributed by atoms with Crippen molar-refractivity contribution in [1.29, 1.82) is 0 Å². The third-order valence-electron chi connectivity index (χ3n) is 3.34. The number of aliphatic hydroxyl groups is 1. The maximum Gasteiger partial charge on any atom is 0.222 e. The van der Waals surface area contributed by atoms with Crippen molar-refractivity contribution in [3.05, 3.63) is 0 Å². The highest BCUT2D eigenvalue weighted by atomic mass is 16.3. The molecular formula is C14H23NO2. The molecule has 0 aromatic heterocycles. The van der Waals surface area contributed by atoms with E-state index < -0.39 is 5.60 Å². The summed E-state index contributed by atoms with van der Waals surface area (Å²) >= 11 is 0. The van der Waals surface area contributed by atoms with Gasteiger partial charge in [-0.2, -0.15) is 0 Å². The molecule has 1 aliphatic carbocycles. The van der Waals surface area contributed by atoms with Gasteiger partial charge >= 0.3 is 0 Å². The molecule has 0 aromatic rings. The third-order valence-corrected chi connectivity index (χ3v) is 3.34. The molecule has 0 aliphatic heterocycles. The Morgan fingerprint density at radius 3 is 2.65 bits per heavy atom. The first-order chi connectivity index (χ1) is 8.16. The van der Waals surface area contributed by atoms with E-state index in [9.17, 15) is 9.90 Å². The lowest BCUT2D eigenvalue weighted by Crippen LogP contribution is -2.38. The summed E-state index contributed by atoms with van der Waals surface area (Å²) in [4.78, 5) is 11.6. The molecule has 0 radical (unpaired) electrons. The molecule has 2 N–H and O–H groups in total. The molecule has 1 amide bonds. The van der Waals surface area contributed by atoms with Gasteiger partial charge in [-0.15, -0.1) is 12.3 Å². The molecule has 96 valence electrons. The number of rotatable bonds is 6. The van der Waals surface area contributed by atoms with E-state index in [1.54, 1.807) is 0 Å². The van der Waals surface area contributed by atoms with Crippen LogP contribution in [0.5, 0.6) is 0 Å². The minimum atomic E-state index is -0.749. The zero-order valence-electron chi connectivity index (χ0n) is 10.5. The van der Waals surface area contributed by atoms with Crippen LogP contribution in [0.25, 0.3) is 0 Å². The Morgan fingerprint density at radius 1 is 1.29 bits per heavy atom. The van der Waals surface area contributed by atoms with Gasteiger partial charge < -0.3 is 10.4 Å². The van der Waals surface area contributed by atoms with Crippen molar-refractivity contribution in [2.24, 2.45) is 0 Å². The molecule has 0 bridgehead atoms. The molecule has 17 heavy (non-hydrogen) atoms. The monoisotopic (exact) mass is 237 g/mol. The molecule has 1 rings (SSSR count). The van der Waals surface area contributed by atoms with Crippen molar-refractivity contribution >= 4 is 5.91 Å². The number of amides is 1. The second-order valence-electron chi connectivity index (χ2n) is 4.97. The SMILES string of the molecule is C#CCCCCNC(=O)CC1(O)CCCCC1. The van der Waals surface area contributed by atoms with Gasteiger partial charge in [-0.05, 0) is 25.7 Å². The van der Waals surface area contributed by atoms with Crippen LogP contribution in [0.2, 0.25) is 0 Å². The van der Waals surface area contributed by atoms with Crippen molar-refractivity contribution in [2.45, 2.75) is 63.4 Å². The van der Waals surface area contributed by atoms with Crippen LogP contribution in [0.15, 0.2) is 0 Å². The quantitative estimate of drug-likeness (QED) is 0.548. The van der Waals surface area contributed by atoms with Gasteiger partial charge in [-0.3, -0.25) is 4.79 Å². The summed E-state index contributed by atoms with van der Waals surface area (Å²) in [6, 6.07) is 0. The highest BCUT2D eigenvalue weighted by Gasteiger charge is 2.31. The maximum atomic E-state index is 11.6. The third kappa shape index (κ3) is 5.74. The highest BCUT2D eigenvalue weighted by Crippen LogP contribution is 2.30. The molecule has 0 heterocycles. The smallest absolute Gasteiger partial charge is 0.222 e. The molecule has 0 unspecified atom stereocenters. The van der Waals surface area contributed by atoms with Crippen LogP contribution in [0, 0.1) is 12.3 Å². The van der Waals surface area contributed by atoms with E-state index in [2.05, 4.69) is 11.2 Å². The summed E-state index contributed by atoms with van der Waals surface area (Å²) in [5.41, 5.74) is -0.749. The minimum absolute atomic E-state index is 0.0323. The Labute approximate surface area is 104 Å². The lowest BCUT2D eigenvalue weighted by molar-refractivity contribution is -0.127. The molecule has 1 fully saturated rings. The van der Waals surface area contributed by atoms with Gasteiger partial charge in [0.2, 0.25) is 5.91 Å². The molecule has 0 saturated heterocycles. The van der Waals surface area contributed by atoms with E-state index >= 15 is 0 Å². The van der Waals surface area contributed by atoms with Crippen molar-refractivity contribution in [3.63, 3.8) is 0 Å². The topological polar surface area (TPSA) is 49.3 Å². The summed E-state index contributed by atoms with van der Waals surface area (Å²) in [5, 5.41) is 13.0. The van der Waals surface area contributed by atoms with Gasteiger partial charge in [0.1, 0.15) is 0 Å². The number of carbonyl (C=O) groups excluding carboxylic acids is 1. The van der Waals surface area contributed by atoms with Gasteiger partial charge in [0, 0.05) is 13.0 Å². The van der Waals surface area contributed by atoms with Gasteiger partial charge in [0.05, 0.1) is 12.0 Å². The summed E-state index contributed by atoms with van der Waals surface area (Å²) < 4.78 is 0. The lowest BCUT2D eigenvalue weighted by atomic mass is 9.82. The van der Waals surface area contributed by atoms with Crippen LogP contribution in [0.3, 0.4) is 0 Å². The van der Waals surface area contributed by atoms with Gasteiger partial charge in [0.15, 0.2) is 0 Å². The number of terminal acetylenes is 1. The Kier molecular flexibility index (Phi) is 6.07. The maximum absolute atomic E-state index is 11.6. The van der Waals surface area contributed by atoms with Crippen LogP contribution in [0.1, 0.15) is 57.8 Å². The van der Waals surface area contributed by atoms with Crippen LogP contribution in [0.4, 0.5) is 0 Å². The standard InChI is InChI=1S/C14H23NO2/c1-2-3-4-8-11-15-13(16)12-14(17)9-6-5-7-10-14/h1,17H,3-12H2,(H,15,16). The molecule has 0 aromatic carbocycles. The summed E-state index contributed by atoms with van der Waals surface area (Å²) in [6.07, 6.45) is 12.8. The van der Waals surface area contributed by atoms with Gasteiger partial charge in [-0.1, -0.05) is 19.3 Å². The van der Waals surface area contributed by atoms with E-state index in [4.69, 9.17) is 6.42 Å². The largest absolute Gasteiger partial charge is 0.389 e. The lowest BCUT2D eigenvalue weighted by Gasteiger charge is -2.31. The van der Waals surface area contributed by atoms with Crippen molar-refractivity contribution in [1.82, 2.24) is 5.32 Å². The van der Waals surface area contributed by atoms with E-state index in [1.165, 1.54) is 6.42 Å².